The van der Waals surface area contributed by atoms with E-state index >= 15 is 0 Å². The van der Waals surface area contributed by atoms with Gasteiger partial charge in [0.05, 0.1) is 19.8 Å². The highest BCUT2D eigenvalue weighted by molar-refractivity contribution is 9.10. The summed E-state index contributed by atoms with van der Waals surface area (Å²) in [6, 6.07) is 3.53. The van der Waals surface area contributed by atoms with Gasteiger partial charge >= 0.3 is 5.97 Å². The van der Waals surface area contributed by atoms with Gasteiger partial charge in [-0.2, -0.15) is 0 Å². The minimum absolute atomic E-state index is 0.362. The van der Waals surface area contributed by atoms with E-state index < -0.39 is 0 Å². The van der Waals surface area contributed by atoms with Gasteiger partial charge in [0.15, 0.2) is 0 Å². The highest BCUT2D eigenvalue weighted by Gasteiger charge is 2.16. The van der Waals surface area contributed by atoms with Crippen LogP contribution >= 0.6 is 31.9 Å². The van der Waals surface area contributed by atoms with Gasteiger partial charge in [-0.1, -0.05) is 15.9 Å². The first-order valence-electron chi connectivity index (χ1n) is 4.14. The molecular formula is C10H10Br2O3. The molecule has 1 rings (SSSR count). The lowest BCUT2D eigenvalue weighted by Crippen LogP contribution is -2.06. The smallest absolute Gasteiger partial charge is 0.339 e. The van der Waals surface area contributed by atoms with Gasteiger partial charge in [0.1, 0.15) is 5.75 Å². The van der Waals surface area contributed by atoms with Gasteiger partial charge in [0.25, 0.3) is 0 Å². The number of hydrogen-bond donors (Lipinski definition) is 0. The summed E-state index contributed by atoms with van der Waals surface area (Å²) in [6.45, 7) is 0. The fourth-order valence-electron chi connectivity index (χ4n) is 1.19. The zero-order valence-electron chi connectivity index (χ0n) is 8.34. The van der Waals surface area contributed by atoms with E-state index in [0.717, 1.165) is 5.56 Å². The Balaban J connectivity index is 3.30. The second-order valence-electron chi connectivity index (χ2n) is 2.77. The van der Waals surface area contributed by atoms with E-state index in [0.29, 0.717) is 21.1 Å². The highest BCUT2D eigenvalue weighted by Crippen LogP contribution is 2.29. The Bertz CT molecular complexity index is 377. The molecular weight excluding hydrogens is 328 g/mol. The molecule has 0 atom stereocenters. The summed E-state index contributed by atoms with van der Waals surface area (Å²) in [5.74, 6) is 0.336. The SMILES string of the molecule is COC(=O)c1c(Br)cc(OC)cc1CBr. The molecule has 0 radical (unpaired) electrons. The first-order valence-corrected chi connectivity index (χ1v) is 6.06. The Hall–Kier alpha value is -0.550. The van der Waals surface area contributed by atoms with E-state index in [1.807, 2.05) is 0 Å². The molecule has 0 saturated carbocycles. The van der Waals surface area contributed by atoms with Crippen molar-refractivity contribution in [3.8, 4) is 5.75 Å². The Morgan fingerprint density at radius 3 is 2.53 bits per heavy atom. The van der Waals surface area contributed by atoms with E-state index in [2.05, 4.69) is 31.9 Å². The number of carbonyl (C=O) groups excluding carboxylic acids is 1. The van der Waals surface area contributed by atoms with Crippen LogP contribution in [0.25, 0.3) is 0 Å². The summed E-state index contributed by atoms with van der Waals surface area (Å²) < 4.78 is 10.5. The molecule has 0 unspecified atom stereocenters. The monoisotopic (exact) mass is 336 g/mol. The van der Waals surface area contributed by atoms with Crippen molar-refractivity contribution in [3.05, 3.63) is 27.7 Å². The van der Waals surface area contributed by atoms with Crippen LogP contribution in [-0.2, 0) is 10.1 Å². The van der Waals surface area contributed by atoms with Crippen LogP contribution in [0.2, 0.25) is 0 Å². The predicted molar refractivity (Wildman–Crippen MR) is 64.7 cm³/mol. The number of rotatable bonds is 3. The van der Waals surface area contributed by atoms with Crippen LogP contribution in [-0.4, -0.2) is 20.2 Å². The molecule has 5 heteroatoms. The molecule has 1 aromatic rings. The summed E-state index contributed by atoms with van der Waals surface area (Å²) in [5, 5.41) is 0.563. The van der Waals surface area contributed by atoms with Crippen molar-refractivity contribution in [2.45, 2.75) is 5.33 Å². The number of ether oxygens (including phenoxy) is 2. The quantitative estimate of drug-likeness (QED) is 0.628. The minimum Gasteiger partial charge on any atom is -0.497 e. The molecule has 0 aliphatic carbocycles. The zero-order chi connectivity index (χ0) is 11.4. The second-order valence-corrected chi connectivity index (χ2v) is 4.18. The molecule has 1 aromatic carbocycles. The van der Waals surface area contributed by atoms with Gasteiger partial charge < -0.3 is 9.47 Å². The topological polar surface area (TPSA) is 35.5 Å². The Morgan fingerprint density at radius 1 is 1.40 bits per heavy atom. The van der Waals surface area contributed by atoms with E-state index in [-0.39, 0.29) is 5.97 Å². The van der Waals surface area contributed by atoms with Gasteiger partial charge in [-0.3, -0.25) is 0 Å². The van der Waals surface area contributed by atoms with Crippen molar-refractivity contribution in [1.29, 1.82) is 0 Å². The molecule has 15 heavy (non-hydrogen) atoms. The molecule has 0 N–H and O–H groups in total. The Morgan fingerprint density at radius 2 is 2.07 bits per heavy atom. The summed E-state index contributed by atoms with van der Waals surface area (Å²) in [5.41, 5.74) is 1.35. The van der Waals surface area contributed by atoms with Gasteiger partial charge in [-0.25, -0.2) is 4.79 Å². The third kappa shape index (κ3) is 2.72. The van der Waals surface area contributed by atoms with Gasteiger partial charge in [-0.05, 0) is 33.6 Å². The molecule has 0 heterocycles. The molecule has 0 bridgehead atoms. The number of alkyl halides is 1. The van der Waals surface area contributed by atoms with Crippen molar-refractivity contribution in [2.75, 3.05) is 14.2 Å². The second kappa shape index (κ2) is 5.51. The third-order valence-electron chi connectivity index (χ3n) is 1.91. The standard InChI is InChI=1S/C10H10Br2O3/c1-14-7-3-6(5-11)9(8(12)4-7)10(13)15-2/h3-4H,5H2,1-2H3. The van der Waals surface area contributed by atoms with E-state index in [1.54, 1.807) is 19.2 Å². The average molecular weight is 338 g/mol. The number of esters is 1. The highest BCUT2D eigenvalue weighted by atomic mass is 79.9. The maximum atomic E-state index is 11.5. The van der Waals surface area contributed by atoms with Crippen LogP contribution in [0.3, 0.4) is 0 Å². The van der Waals surface area contributed by atoms with Gasteiger partial charge in [0, 0.05) is 9.80 Å². The molecule has 0 aromatic heterocycles. The number of halogens is 2. The molecule has 0 saturated heterocycles. The van der Waals surface area contributed by atoms with Crippen molar-refractivity contribution < 1.29 is 14.3 Å². The van der Waals surface area contributed by atoms with Crippen molar-refractivity contribution in [2.24, 2.45) is 0 Å². The lowest BCUT2D eigenvalue weighted by Gasteiger charge is -2.10. The van der Waals surface area contributed by atoms with E-state index in [4.69, 9.17) is 9.47 Å². The number of benzene rings is 1. The average Bonchev–Trinajstić information content (AvgIpc) is 2.26. The molecule has 3 nitrogen and oxygen atoms in total. The lowest BCUT2D eigenvalue weighted by atomic mass is 10.1. The van der Waals surface area contributed by atoms with Crippen molar-refractivity contribution in [1.82, 2.24) is 0 Å². The maximum absolute atomic E-state index is 11.5. The fourth-order valence-corrected chi connectivity index (χ4v) is 2.27. The van der Waals surface area contributed by atoms with Crippen LogP contribution in [0.5, 0.6) is 5.75 Å². The van der Waals surface area contributed by atoms with Crippen LogP contribution in [0.4, 0.5) is 0 Å². The number of methoxy groups -OCH3 is 2. The van der Waals surface area contributed by atoms with Crippen molar-refractivity contribution >= 4 is 37.8 Å². The normalized spacial score (nSPS) is 9.87. The molecule has 0 spiro atoms. The number of hydrogen-bond acceptors (Lipinski definition) is 3. The summed E-state index contributed by atoms with van der Waals surface area (Å²) in [4.78, 5) is 11.5. The Labute approximate surface area is 105 Å². The lowest BCUT2D eigenvalue weighted by molar-refractivity contribution is 0.0598. The third-order valence-corrected chi connectivity index (χ3v) is 3.14. The van der Waals surface area contributed by atoms with Crippen LogP contribution in [0.1, 0.15) is 15.9 Å². The fraction of sp³-hybridized carbons (Fsp3) is 0.300. The van der Waals surface area contributed by atoms with Gasteiger partial charge in [0.2, 0.25) is 0 Å². The van der Waals surface area contributed by atoms with E-state index in [9.17, 15) is 4.79 Å². The maximum Gasteiger partial charge on any atom is 0.339 e. The molecule has 0 fully saturated rings. The molecule has 82 valence electrons. The largest absolute Gasteiger partial charge is 0.497 e. The van der Waals surface area contributed by atoms with Gasteiger partial charge in [-0.15, -0.1) is 0 Å². The Kier molecular flexibility index (Phi) is 4.60. The molecule has 0 aliphatic rings. The summed E-state index contributed by atoms with van der Waals surface area (Å²) in [6.07, 6.45) is 0. The minimum atomic E-state index is -0.362. The zero-order valence-corrected chi connectivity index (χ0v) is 11.5. The van der Waals surface area contributed by atoms with Crippen LogP contribution in [0, 0.1) is 0 Å². The van der Waals surface area contributed by atoms with Crippen LogP contribution in [0.15, 0.2) is 16.6 Å². The predicted octanol–water partition coefficient (Wildman–Crippen LogP) is 3.14. The van der Waals surface area contributed by atoms with Crippen molar-refractivity contribution in [3.63, 3.8) is 0 Å². The summed E-state index contributed by atoms with van der Waals surface area (Å²) in [7, 11) is 2.94. The first-order chi connectivity index (χ1) is 7.13. The van der Waals surface area contributed by atoms with Crippen LogP contribution < -0.4 is 4.74 Å². The number of carbonyl (C=O) groups is 1. The van der Waals surface area contributed by atoms with E-state index in [1.165, 1.54) is 7.11 Å². The summed E-state index contributed by atoms with van der Waals surface area (Å²) >= 11 is 6.64. The first kappa shape index (κ1) is 12.5. The molecule has 0 aliphatic heterocycles. The molecule has 0 amide bonds.